The first-order chi connectivity index (χ1) is 11.6. The van der Waals surface area contributed by atoms with Crippen LogP contribution in [0.1, 0.15) is 37.7 Å². The lowest BCUT2D eigenvalue weighted by Gasteiger charge is -2.31. The molecule has 0 spiro atoms. The van der Waals surface area contributed by atoms with E-state index in [0.29, 0.717) is 50.0 Å². The predicted molar refractivity (Wildman–Crippen MR) is 90.0 cm³/mol. The Labute approximate surface area is 142 Å². The number of rotatable bonds is 4. The molecule has 3 aliphatic rings. The average molecular weight is 332 g/mol. The van der Waals surface area contributed by atoms with Crippen molar-refractivity contribution in [2.24, 2.45) is 17.8 Å². The molecule has 2 saturated carbocycles. The van der Waals surface area contributed by atoms with Crippen molar-refractivity contribution in [3.8, 4) is 0 Å². The first-order valence-electron chi connectivity index (χ1n) is 9.12. The largest absolute Gasteiger partial charge is 0.393 e. The van der Waals surface area contributed by atoms with Crippen LogP contribution >= 0.6 is 0 Å². The molecule has 130 valence electrons. The number of piperidine rings is 1. The maximum Gasteiger partial charge on any atom is 0.223 e. The molecule has 2 aliphatic carbocycles. The van der Waals surface area contributed by atoms with Gasteiger partial charge in [0.1, 0.15) is 5.82 Å². The molecule has 1 heterocycles. The minimum Gasteiger partial charge on any atom is -0.393 e. The fourth-order valence-electron chi connectivity index (χ4n) is 4.54. The minimum absolute atomic E-state index is 0.138. The zero-order valence-electron chi connectivity index (χ0n) is 13.9. The van der Waals surface area contributed by atoms with Crippen molar-refractivity contribution in [2.75, 3.05) is 18.0 Å². The van der Waals surface area contributed by atoms with Crippen molar-refractivity contribution in [2.45, 2.75) is 44.8 Å². The van der Waals surface area contributed by atoms with Gasteiger partial charge in [0.05, 0.1) is 11.8 Å². The van der Waals surface area contributed by atoms with E-state index >= 15 is 0 Å². The molecule has 1 amide bonds. The topological polar surface area (TPSA) is 52.6 Å². The average Bonchev–Trinajstić information content (AvgIpc) is 3.06. The highest BCUT2D eigenvalue weighted by molar-refractivity contribution is 5.82. The Balaban J connectivity index is 1.33. The van der Waals surface area contributed by atoms with Crippen molar-refractivity contribution in [1.82, 2.24) is 5.32 Å². The number of hydrogen-bond donors (Lipinski definition) is 2. The van der Waals surface area contributed by atoms with Crippen LogP contribution in [-0.2, 0) is 11.3 Å². The van der Waals surface area contributed by atoms with E-state index in [0.717, 1.165) is 5.56 Å². The predicted octanol–water partition coefficient (Wildman–Crippen LogP) is 2.45. The number of halogens is 1. The van der Waals surface area contributed by atoms with Gasteiger partial charge in [-0.1, -0.05) is 12.5 Å². The Morgan fingerprint density at radius 1 is 1.21 bits per heavy atom. The number of benzene rings is 1. The highest BCUT2D eigenvalue weighted by Gasteiger charge is 2.56. The first kappa shape index (κ1) is 15.9. The Hall–Kier alpha value is -1.62. The van der Waals surface area contributed by atoms with Gasteiger partial charge in [0.2, 0.25) is 5.91 Å². The van der Waals surface area contributed by atoms with Crippen LogP contribution < -0.4 is 10.2 Å². The van der Waals surface area contributed by atoms with Gasteiger partial charge >= 0.3 is 0 Å². The second-order valence-corrected chi connectivity index (χ2v) is 7.51. The normalized spacial score (nSPS) is 29.4. The van der Waals surface area contributed by atoms with E-state index in [4.69, 9.17) is 0 Å². The molecule has 1 aromatic rings. The molecule has 1 saturated heterocycles. The molecule has 4 nitrogen and oxygen atoms in total. The molecule has 2 unspecified atom stereocenters. The fraction of sp³-hybridized carbons (Fsp3) is 0.632. The number of aliphatic hydroxyl groups excluding tert-OH is 1. The summed E-state index contributed by atoms with van der Waals surface area (Å²) in [7, 11) is 0. The maximum absolute atomic E-state index is 14.4. The number of amides is 1. The third-order valence-electron chi connectivity index (χ3n) is 5.99. The van der Waals surface area contributed by atoms with Crippen LogP contribution in [0.15, 0.2) is 18.2 Å². The Morgan fingerprint density at radius 2 is 1.92 bits per heavy atom. The fourth-order valence-corrected chi connectivity index (χ4v) is 4.54. The molecule has 0 aromatic heterocycles. The summed E-state index contributed by atoms with van der Waals surface area (Å²) in [4.78, 5) is 14.2. The van der Waals surface area contributed by atoms with Crippen LogP contribution in [0.3, 0.4) is 0 Å². The van der Waals surface area contributed by atoms with Gasteiger partial charge in [-0.3, -0.25) is 4.79 Å². The number of nitrogens with one attached hydrogen (secondary N) is 1. The van der Waals surface area contributed by atoms with Gasteiger partial charge in [-0.2, -0.15) is 0 Å². The van der Waals surface area contributed by atoms with E-state index in [1.54, 1.807) is 6.07 Å². The molecule has 1 aliphatic heterocycles. The third kappa shape index (κ3) is 3.02. The lowest BCUT2D eigenvalue weighted by atomic mass is 10.1. The summed E-state index contributed by atoms with van der Waals surface area (Å²) in [5.74, 6) is 1.32. The molecule has 24 heavy (non-hydrogen) atoms. The smallest absolute Gasteiger partial charge is 0.223 e. The van der Waals surface area contributed by atoms with Crippen LogP contribution in [0, 0.1) is 23.6 Å². The molecule has 0 radical (unpaired) electrons. The van der Waals surface area contributed by atoms with E-state index in [2.05, 4.69) is 5.32 Å². The molecule has 4 rings (SSSR count). The molecule has 3 fully saturated rings. The van der Waals surface area contributed by atoms with E-state index < -0.39 is 0 Å². The number of carbonyl (C=O) groups is 1. The quantitative estimate of drug-likeness (QED) is 0.890. The monoisotopic (exact) mass is 332 g/mol. The Bertz CT molecular complexity index is 618. The summed E-state index contributed by atoms with van der Waals surface area (Å²) in [6, 6.07) is 5.20. The SMILES string of the molecule is O=C(NCc1ccc(N2CCC(O)CC2)c(F)c1)C1C2CCCC21. The van der Waals surface area contributed by atoms with Crippen molar-refractivity contribution in [3.63, 3.8) is 0 Å². The lowest BCUT2D eigenvalue weighted by Crippen LogP contribution is -2.36. The van der Waals surface area contributed by atoms with E-state index in [9.17, 15) is 14.3 Å². The molecular weight excluding hydrogens is 307 g/mol. The number of fused-ring (bicyclic) bond motifs is 1. The number of aliphatic hydroxyl groups is 1. The first-order valence-corrected chi connectivity index (χ1v) is 9.12. The maximum atomic E-state index is 14.4. The van der Waals surface area contributed by atoms with Crippen molar-refractivity contribution in [3.05, 3.63) is 29.6 Å². The van der Waals surface area contributed by atoms with Crippen molar-refractivity contribution >= 4 is 11.6 Å². The summed E-state index contributed by atoms with van der Waals surface area (Å²) in [6.45, 7) is 1.75. The Morgan fingerprint density at radius 3 is 2.58 bits per heavy atom. The van der Waals surface area contributed by atoms with Crippen LogP contribution in [0.2, 0.25) is 0 Å². The molecule has 5 heteroatoms. The van der Waals surface area contributed by atoms with Crippen LogP contribution in [0.25, 0.3) is 0 Å². The van der Waals surface area contributed by atoms with Crippen LogP contribution in [-0.4, -0.2) is 30.2 Å². The summed E-state index contributed by atoms with van der Waals surface area (Å²) >= 11 is 0. The van der Waals surface area contributed by atoms with Crippen molar-refractivity contribution < 1.29 is 14.3 Å². The zero-order chi connectivity index (χ0) is 16.7. The van der Waals surface area contributed by atoms with Gasteiger partial charge in [0.15, 0.2) is 0 Å². The zero-order valence-corrected chi connectivity index (χ0v) is 13.9. The number of carbonyl (C=O) groups excluding carboxylic acids is 1. The molecule has 1 aromatic carbocycles. The molecular formula is C19H25FN2O2. The summed E-state index contributed by atoms with van der Waals surface area (Å²) in [5.41, 5.74) is 1.39. The number of nitrogens with zero attached hydrogens (tertiary/aromatic N) is 1. The van der Waals surface area contributed by atoms with Crippen LogP contribution in [0.4, 0.5) is 10.1 Å². The molecule has 2 atom stereocenters. The third-order valence-corrected chi connectivity index (χ3v) is 5.99. The molecule has 0 bridgehead atoms. The van der Waals surface area contributed by atoms with Gasteiger partial charge in [-0.05, 0) is 55.2 Å². The van der Waals surface area contributed by atoms with Gasteiger partial charge in [0, 0.05) is 25.6 Å². The number of hydrogen-bond acceptors (Lipinski definition) is 3. The summed E-state index contributed by atoms with van der Waals surface area (Å²) < 4.78 is 14.4. The summed E-state index contributed by atoms with van der Waals surface area (Å²) in [5, 5.41) is 12.5. The van der Waals surface area contributed by atoms with Crippen LogP contribution in [0.5, 0.6) is 0 Å². The van der Waals surface area contributed by atoms with Crippen molar-refractivity contribution in [1.29, 1.82) is 0 Å². The highest BCUT2D eigenvalue weighted by Crippen LogP contribution is 2.57. The molecule has 2 N–H and O–H groups in total. The van der Waals surface area contributed by atoms with E-state index in [1.165, 1.54) is 25.3 Å². The minimum atomic E-state index is -0.263. The second kappa shape index (κ2) is 6.36. The summed E-state index contributed by atoms with van der Waals surface area (Å²) in [6.07, 6.45) is 4.75. The van der Waals surface area contributed by atoms with E-state index in [1.807, 2.05) is 11.0 Å². The van der Waals surface area contributed by atoms with Gasteiger partial charge in [-0.15, -0.1) is 0 Å². The lowest BCUT2D eigenvalue weighted by molar-refractivity contribution is -0.123. The Kier molecular flexibility index (Phi) is 4.21. The number of anilines is 1. The highest BCUT2D eigenvalue weighted by atomic mass is 19.1. The second-order valence-electron chi connectivity index (χ2n) is 7.51. The van der Waals surface area contributed by atoms with Gasteiger partial charge in [0.25, 0.3) is 0 Å². The standard InChI is InChI=1S/C19H25FN2O2/c20-16-10-12(4-5-17(16)22-8-6-13(23)7-9-22)11-21-19(24)18-14-2-1-3-15(14)18/h4-5,10,13-15,18,23H,1-3,6-9,11H2,(H,21,24). The van der Waals surface area contributed by atoms with Gasteiger partial charge < -0.3 is 15.3 Å². The van der Waals surface area contributed by atoms with Gasteiger partial charge in [-0.25, -0.2) is 4.39 Å². The van der Waals surface area contributed by atoms with E-state index in [-0.39, 0.29) is 23.7 Å².